The van der Waals surface area contributed by atoms with Gasteiger partial charge in [-0.2, -0.15) is 0 Å². The van der Waals surface area contributed by atoms with E-state index < -0.39 is 0 Å². The highest BCUT2D eigenvalue weighted by Crippen LogP contribution is 2.19. The maximum Gasteiger partial charge on any atom is 0.230 e. The van der Waals surface area contributed by atoms with E-state index in [0.29, 0.717) is 5.75 Å². The Balaban J connectivity index is 1.81. The normalized spacial score (nSPS) is 10.7. The van der Waals surface area contributed by atoms with Gasteiger partial charge in [0, 0.05) is 12.2 Å². The van der Waals surface area contributed by atoms with Gasteiger partial charge in [0.05, 0.1) is 5.75 Å². The number of aryl methyl sites for hydroxylation is 1. The number of aromatic nitrogens is 3. The molecule has 2 rings (SSSR count). The number of carbonyl (C=O) groups is 1. The summed E-state index contributed by atoms with van der Waals surface area (Å²) < 4.78 is 1.90. The van der Waals surface area contributed by atoms with E-state index in [9.17, 15) is 4.79 Å². The standard InChI is InChI=1S/C17H24N4OS/c1-3-4-5-6-11-18-16(22)12-23-17-20-19-13-21(17)15-9-7-14(2)8-10-15/h7-10,13H,3-6,11-12H2,1-2H3,(H,18,22). The number of thioether (sulfide) groups is 1. The number of hydrogen-bond acceptors (Lipinski definition) is 4. The molecule has 23 heavy (non-hydrogen) atoms. The quantitative estimate of drug-likeness (QED) is 0.565. The minimum Gasteiger partial charge on any atom is -0.355 e. The number of nitrogens with zero attached hydrogens (tertiary/aromatic N) is 3. The molecule has 0 spiro atoms. The van der Waals surface area contributed by atoms with Crippen LogP contribution in [0, 0.1) is 6.92 Å². The van der Waals surface area contributed by atoms with E-state index in [1.165, 1.54) is 36.6 Å². The first-order chi connectivity index (χ1) is 11.2. The molecule has 0 atom stereocenters. The minimum atomic E-state index is 0.0463. The van der Waals surface area contributed by atoms with Gasteiger partial charge in [-0.3, -0.25) is 9.36 Å². The second-order valence-corrected chi connectivity index (χ2v) is 6.46. The summed E-state index contributed by atoms with van der Waals surface area (Å²) in [6.07, 6.45) is 6.33. The zero-order chi connectivity index (χ0) is 16.5. The van der Waals surface area contributed by atoms with Crippen LogP contribution in [0.5, 0.6) is 0 Å². The van der Waals surface area contributed by atoms with Crippen LogP contribution in [0.25, 0.3) is 5.69 Å². The molecule has 0 aliphatic carbocycles. The molecular weight excluding hydrogens is 308 g/mol. The Kier molecular flexibility index (Phi) is 7.13. The van der Waals surface area contributed by atoms with Gasteiger partial charge in [-0.15, -0.1) is 10.2 Å². The van der Waals surface area contributed by atoms with Gasteiger partial charge < -0.3 is 5.32 Å². The number of rotatable bonds is 9. The molecule has 1 aromatic carbocycles. The summed E-state index contributed by atoms with van der Waals surface area (Å²) >= 11 is 1.41. The van der Waals surface area contributed by atoms with Crippen LogP contribution in [0.4, 0.5) is 0 Å². The van der Waals surface area contributed by atoms with E-state index in [4.69, 9.17) is 0 Å². The lowest BCUT2D eigenvalue weighted by Gasteiger charge is -2.07. The first-order valence-corrected chi connectivity index (χ1v) is 9.06. The summed E-state index contributed by atoms with van der Waals surface area (Å²) in [4.78, 5) is 11.9. The third-order valence-corrected chi connectivity index (χ3v) is 4.46. The van der Waals surface area contributed by atoms with Crippen molar-refractivity contribution in [1.82, 2.24) is 20.1 Å². The number of hydrogen-bond donors (Lipinski definition) is 1. The molecule has 0 saturated heterocycles. The predicted octanol–water partition coefficient (Wildman–Crippen LogP) is 3.36. The molecule has 0 unspecified atom stereocenters. The Morgan fingerprint density at radius 3 is 2.74 bits per heavy atom. The fourth-order valence-electron chi connectivity index (χ4n) is 2.17. The Hall–Kier alpha value is -1.82. The zero-order valence-corrected chi connectivity index (χ0v) is 14.6. The zero-order valence-electron chi connectivity index (χ0n) is 13.8. The summed E-state index contributed by atoms with van der Waals surface area (Å²) in [6.45, 7) is 4.99. The monoisotopic (exact) mass is 332 g/mol. The lowest BCUT2D eigenvalue weighted by Crippen LogP contribution is -2.26. The van der Waals surface area contributed by atoms with Crippen LogP contribution in [-0.4, -0.2) is 33.0 Å². The van der Waals surface area contributed by atoms with Crippen LogP contribution in [0.1, 0.15) is 38.2 Å². The minimum absolute atomic E-state index is 0.0463. The van der Waals surface area contributed by atoms with E-state index in [-0.39, 0.29) is 5.91 Å². The smallest absolute Gasteiger partial charge is 0.230 e. The van der Waals surface area contributed by atoms with Gasteiger partial charge in [0.2, 0.25) is 5.91 Å². The molecule has 6 heteroatoms. The molecule has 2 aromatic rings. The summed E-state index contributed by atoms with van der Waals surface area (Å²) in [6, 6.07) is 8.15. The van der Waals surface area contributed by atoms with Crippen molar-refractivity contribution in [2.45, 2.75) is 44.7 Å². The molecule has 0 fully saturated rings. The van der Waals surface area contributed by atoms with E-state index in [2.05, 4.69) is 29.4 Å². The summed E-state index contributed by atoms with van der Waals surface area (Å²) in [7, 11) is 0. The predicted molar refractivity (Wildman–Crippen MR) is 94.0 cm³/mol. The van der Waals surface area contributed by atoms with Crippen molar-refractivity contribution in [2.75, 3.05) is 12.3 Å². The summed E-state index contributed by atoms with van der Waals surface area (Å²) in [5.41, 5.74) is 2.21. The molecule has 0 aliphatic heterocycles. The molecule has 1 aromatic heterocycles. The van der Waals surface area contributed by atoms with E-state index in [1.54, 1.807) is 6.33 Å². The Bertz CT molecular complexity index is 609. The van der Waals surface area contributed by atoms with Crippen molar-refractivity contribution < 1.29 is 4.79 Å². The van der Waals surface area contributed by atoms with Crippen molar-refractivity contribution >= 4 is 17.7 Å². The van der Waals surface area contributed by atoms with E-state index in [1.807, 2.05) is 28.8 Å². The number of benzene rings is 1. The molecule has 0 saturated carbocycles. The maximum absolute atomic E-state index is 11.9. The van der Waals surface area contributed by atoms with E-state index in [0.717, 1.165) is 23.8 Å². The average Bonchev–Trinajstić information content (AvgIpc) is 3.02. The lowest BCUT2D eigenvalue weighted by molar-refractivity contribution is -0.118. The highest BCUT2D eigenvalue weighted by molar-refractivity contribution is 7.99. The van der Waals surface area contributed by atoms with Crippen LogP contribution < -0.4 is 5.32 Å². The Morgan fingerprint density at radius 2 is 2.00 bits per heavy atom. The summed E-state index contributed by atoms with van der Waals surface area (Å²) in [5, 5.41) is 11.7. The molecule has 0 bridgehead atoms. The molecule has 1 N–H and O–H groups in total. The van der Waals surface area contributed by atoms with Gasteiger partial charge in [-0.05, 0) is 25.5 Å². The number of nitrogens with one attached hydrogen (secondary N) is 1. The largest absolute Gasteiger partial charge is 0.355 e. The fourth-order valence-corrected chi connectivity index (χ4v) is 2.92. The Morgan fingerprint density at radius 1 is 1.22 bits per heavy atom. The maximum atomic E-state index is 11.9. The fraction of sp³-hybridized carbons (Fsp3) is 0.471. The molecule has 124 valence electrons. The van der Waals surface area contributed by atoms with Crippen LogP contribution in [-0.2, 0) is 4.79 Å². The van der Waals surface area contributed by atoms with Crippen molar-refractivity contribution in [1.29, 1.82) is 0 Å². The van der Waals surface area contributed by atoms with Crippen molar-refractivity contribution in [2.24, 2.45) is 0 Å². The van der Waals surface area contributed by atoms with Gasteiger partial charge in [0.15, 0.2) is 5.16 Å². The SMILES string of the molecule is CCCCCCNC(=O)CSc1nncn1-c1ccc(C)cc1. The molecule has 0 radical (unpaired) electrons. The van der Waals surface area contributed by atoms with Crippen molar-refractivity contribution in [3.05, 3.63) is 36.2 Å². The third-order valence-electron chi connectivity index (χ3n) is 3.51. The van der Waals surface area contributed by atoms with Crippen molar-refractivity contribution in [3.8, 4) is 5.69 Å². The number of amides is 1. The van der Waals surface area contributed by atoms with Gasteiger partial charge in [0.25, 0.3) is 0 Å². The second kappa shape index (κ2) is 9.35. The topological polar surface area (TPSA) is 59.8 Å². The van der Waals surface area contributed by atoms with Crippen LogP contribution in [0.15, 0.2) is 35.7 Å². The van der Waals surface area contributed by atoms with Crippen LogP contribution in [0.3, 0.4) is 0 Å². The summed E-state index contributed by atoms with van der Waals surface area (Å²) in [5.74, 6) is 0.406. The molecule has 5 nitrogen and oxygen atoms in total. The van der Waals surface area contributed by atoms with Crippen LogP contribution in [0.2, 0.25) is 0 Å². The molecule has 0 aliphatic rings. The third kappa shape index (κ3) is 5.71. The lowest BCUT2D eigenvalue weighted by atomic mass is 10.2. The first kappa shape index (κ1) is 17.5. The number of carbonyl (C=O) groups excluding carboxylic acids is 1. The van der Waals surface area contributed by atoms with E-state index >= 15 is 0 Å². The second-order valence-electron chi connectivity index (χ2n) is 5.52. The van der Waals surface area contributed by atoms with Gasteiger partial charge in [0.1, 0.15) is 6.33 Å². The highest BCUT2D eigenvalue weighted by atomic mass is 32.2. The molecular formula is C17H24N4OS. The average molecular weight is 332 g/mol. The van der Waals surface area contributed by atoms with Crippen molar-refractivity contribution in [3.63, 3.8) is 0 Å². The number of unbranched alkanes of at least 4 members (excludes halogenated alkanes) is 3. The molecule has 1 amide bonds. The Labute approximate surface area is 141 Å². The molecule has 1 heterocycles. The van der Waals surface area contributed by atoms with Gasteiger partial charge in [-0.1, -0.05) is 55.6 Å². The van der Waals surface area contributed by atoms with Gasteiger partial charge in [-0.25, -0.2) is 0 Å². The highest BCUT2D eigenvalue weighted by Gasteiger charge is 2.09. The van der Waals surface area contributed by atoms with Gasteiger partial charge >= 0.3 is 0 Å². The van der Waals surface area contributed by atoms with Crippen LogP contribution >= 0.6 is 11.8 Å². The first-order valence-electron chi connectivity index (χ1n) is 8.07.